The van der Waals surface area contributed by atoms with Crippen molar-refractivity contribution in [1.82, 2.24) is 10.2 Å². The minimum Gasteiger partial charge on any atom is -0.347 e. The fourth-order valence-corrected chi connectivity index (χ4v) is 3.96. The summed E-state index contributed by atoms with van der Waals surface area (Å²) in [5.41, 5.74) is 1.79. The second-order valence-electron chi connectivity index (χ2n) is 6.30. The third-order valence-electron chi connectivity index (χ3n) is 4.57. The molecular weight excluding hydrogens is 332 g/mol. The van der Waals surface area contributed by atoms with Gasteiger partial charge in [-0.25, -0.2) is 0 Å². The van der Waals surface area contributed by atoms with Crippen LogP contribution in [-0.2, 0) is 11.3 Å². The molecule has 25 heavy (non-hydrogen) atoms. The summed E-state index contributed by atoms with van der Waals surface area (Å²) in [6.45, 7) is 1.13. The van der Waals surface area contributed by atoms with E-state index in [2.05, 4.69) is 29.6 Å². The Kier molecular flexibility index (Phi) is 4.24. The summed E-state index contributed by atoms with van der Waals surface area (Å²) in [4.78, 5) is 26.4. The molecule has 1 aromatic heterocycles. The van der Waals surface area contributed by atoms with Crippen molar-refractivity contribution in [3.8, 4) is 0 Å². The smallest absolute Gasteiger partial charge is 0.252 e. The van der Waals surface area contributed by atoms with Gasteiger partial charge in [0.05, 0.1) is 6.04 Å². The third kappa shape index (κ3) is 3.28. The van der Waals surface area contributed by atoms with E-state index in [4.69, 9.17) is 0 Å². The van der Waals surface area contributed by atoms with E-state index in [9.17, 15) is 9.59 Å². The molecule has 1 atom stereocenters. The predicted molar refractivity (Wildman–Crippen MR) is 99.6 cm³/mol. The minimum absolute atomic E-state index is 0.0866. The minimum atomic E-state index is -0.130. The molecule has 0 unspecified atom stereocenters. The number of nitrogens with zero attached hydrogens (tertiary/aromatic N) is 1. The van der Waals surface area contributed by atoms with Gasteiger partial charge in [-0.2, -0.15) is 11.3 Å². The average molecular weight is 350 g/mol. The quantitative estimate of drug-likeness (QED) is 0.784. The second kappa shape index (κ2) is 6.69. The Balaban J connectivity index is 1.46. The van der Waals surface area contributed by atoms with Crippen LogP contribution in [0.3, 0.4) is 0 Å². The number of amides is 2. The highest BCUT2D eigenvalue weighted by Gasteiger charge is 2.31. The van der Waals surface area contributed by atoms with Gasteiger partial charge < -0.3 is 10.2 Å². The molecule has 0 radical (unpaired) electrons. The van der Waals surface area contributed by atoms with E-state index < -0.39 is 0 Å². The number of hydrogen-bond donors (Lipinski definition) is 1. The molecule has 2 amide bonds. The van der Waals surface area contributed by atoms with E-state index in [0.29, 0.717) is 25.1 Å². The summed E-state index contributed by atoms with van der Waals surface area (Å²) in [7, 11) is 0. The van der Waals surface area contributed by atoms with Crippen LogP contribution in [0.1, 0.15) is 22.3 Å². The van der Waals surface area contributed by atoms with Crippen LogP contribution in [0.25, 0.3) is 10.8 Å². The molecule has 4 rings (SSSR count). The van der Waals surface area contributed by atoms with E-state index in [0.717, 1.165) is 5.56 Å². The van der Waals surface area contributed by atoms with E-state index in [1.54, 1.807) is 6.07 Å². The lowest BCUT2D eigenvalue weighted by molar-refractivity contribution is -0.128. The van der Waals surface area contributed by atoms with Crippen LogP contribution in [0.4, 0.5) is 0 Å². The normalized spacial score (nSPS) is 17.2. The van der Waals surface area contributed by atoms with Gasteiger partial charge >= 0.3 is 0 Å². The number of fused-ring (bicyclic) bond motifs is 1. The van der Waals surface area contributed by atoms with Gasteiger partial charge in [0.25, 0.3) is 5.91 Å². The van der Waals surface area contributed by atoms with Crippen LogP contribution in [-0.4, -0.2) is 29.3 Å². The summed E-state index contributed by atoms with van der Waals surface area (Å²) in [5, 5.41) is 9.01. The molecule has 1 fully saturated rings. The highest BCUT2D eigenvalue weighted by atomic mass is 32.1. The maximum atomic E-state index is 12.4. The molecule has 2 aromatic carbocycles. The molecule has 1 N–H and O–H groups in total. The number of nitrogens with one attached hydrogen (secondary N) is 1. The van der Waals surface area contributed by atoms with E-state index in [1.165, 1.54) is 22.1 Å². The molecule has 0 spiro atoms. The molecule has 1 aliphatic heterocycles. The van der Waals surface area contributed by atoms with Crippen molar-refractivity contribution in [2.24, 2.45) is 0 Å². The van der Waals surface area contributed by atoms with E-state index in [-0.39, 0.29) is 17.9 Å². The Morgan fingerprint density at radius 1 is 1.16 bits per heavy atom. The zero-order valence-electron chi connectivity index (χ0n) is 13.6. The van der Waals surface area contributed by atoms with Crippen LogP contribution in [0, 0.1) is 0 Å². The molecule has 0 bridgehead atoms. The number of hydrogen-bond acceptors (Lipinski definition) is 3. The lowest BCUT2D eigenvalue weighted by Crippen LogP contribution is -2.36. The summed E-state index contributed by atoms with van der Waals surface area (Å²) < 4.78 is 0. The third-order valence-corrected chi connectivity index (χ3v) is 5.26. The standard InChI is InChI=1S/C20H18N2O2S/c23-19-10-17(21-20(24)16-8-9-25-13-16)12-22(19)11-15-6-3-5-14-4-1-2-7-18(14)15/h1-9,13,17H,10-12H2,(H,21,24)/t17-/m1/s1. The van der Waals surface area contributed by atoms with Gasteiger partial charge in [-0.05, 0) is 27.8 Å². The second-order valence-corrected chi connectivity index (χ2v) is 7.08. The van der Waals surface area contributed by atoms with Crippen molar-refractivity contribution < 1.29 is 9.59 Å². The molecule has 1 saturated heterocycles. The van der Waals surface area contributed by atoms with Crippen molar-refractivity contribution in [3.05, 3.63) is 70.4 Å². The Hall–Kier alpha value is -2.66. The topological polar surface area (TPSA) is 49.4 Å². The monoisotopic (exact) mass is 350 g/mol. The summed E-state index contributed by atoms with van der Waals surface area (Å²) in [6, 6.07) is 16.0. The molecule has 1 aliphatic rings. The molecule has 126 valence electrons. The first-order valence-electron chi connectivity index (χ1n) is 8.28. The van der Waals surface area contributed by atoms with Crippen LogP contribution in [0.2, 0.25) is 0 Å². The number of likely N-dealkylation sites (tertiary alicyclic amines) is 1. The van der Waals surface area contributed by atoms with Gasteiger partial charge in [-0.3, -0.25) is 9.59 Å². The first-order chi connectivity index (χ1) is 12.2. The lowest BCUT2D eigenvalue weighted by atomic mass is 10.0. The van der Waals surface area contributed by atoms with Crippen LogP contribution in [0.5, 0.6) is 0 Å². The van der Waals surface area contributed by atoms with Gasteiger partial charge in [-0.15, -0.1) is 0 Å². The number of rotatable bonds is 4. The first-order valence-corrected chi connectivity index (χ1v) is 9.22. The number of carbonyl (C=O) groups excluding carboxylic acids is 2. The highest BCUT2D eigenvalue weighted by Crippen LogP contribution is 2.22. The number of thiophene rings is 1. The molecule has 2 heterocycles. The molecule has 0 aliphatic carbocycles. The maximum absolute atomic E-state index is 12.4. The Morgan fingerprint density at radius 2 is 2.00 bits per heavy atom. The molecule has 3 aromatic rings. The number of benzene rings is 2. The maximum Gasteiger partial charge on any atom is 0.252 e. The zero-order valence-corrected chi connectivity index (χ0v) is 14.5. The zero-order chi connectivity index (χ0) is 17.2. The van der Waals surface area contributed by atoms with Gasteiger partial charge in [0.1, 0.15) is 0 Å². The van der Waals surface area contributed by atoms with Crippen molar-refractivity contribution in [3.63, 3.8) is 0 Å². The van der Waals surface area contributed by atoms with Crippen molar-refractivity contribution >= 4 is 33.9 Å². The molecule has 5 heteroatoms. The fourth-order valence-electron chi connectivity index (χ4n) is 3.32. The van der Waals surface area contributed by atoms with Gasteiger partial charge in [0.2, 0.25) is 5.91 Å². The largest absolute Gasteiger partial charge is 0.347 e. The van der Waals surface area contributed by atoms with E-state index in [1.807, 2.05) is 33.9 Å². The van der Waals surface area contributed by atoms with Crippen LogP contribution < -0.4 is 5.32 Å². The van der Waals surface area contributed by atoms with Crippen LogP contribution in [0.15, 0.2) is 59.3 Å². The Bertz CT molecular complexity index is 915. The van der Waals surface area contributed by atoms with Gasteiger partial charge in [-0.1, -0.05) is 42.5 Å². The average Bonchev–Trinajstić information content (AvgIpc) is 3.26. The lowest BCUT2D eigenvalue weighted by Gasteiger charge is -2.18. The van der Waals surface area contributed by atoms with Gasteiger partial charge in [0, 0.05) is 30.5 Å². The molecule has 0 saturated carbocycles. The molecule has 4 nitrogen and oxygen atoms in total. The summed E-state index contributed by atoms with van der Waals surface area (Å²) in [5.74, 6) is -0.0189. The fraction of sp³-hybridized carbons (Fsp3) is 0.200. The molecular formula is C20H18N2O2S. The highest BCUT2D eigenvalue weighted by molar-refractivity contribution is 7.08. The predicted octanol–water partition coefficient (Wildman–Crippen LogP) is 3.43. The van der Waals surface area contributed by atoms with Gasteiger partial charge in [0.15, 0.2) is 0 Å². The van der Waals surface area contributed by atoms with Crippen molar-refractivity contribution in [1.29, 1.82) is 0 Å². The van der Waals surface area contributed by atoms with Crippen molar-refractivity contribution in [2.45, 2.75) is 19.0 Å². The van der Waals surface area contributed by atoms with Crippen LogP contribution >= 0.6 is 11.3 Å². The first kappa shape index (κ1) is 15.8. The van der Waals surface area contributed by atoms with Crippen molar-refractivity contribution in [2.75, 3.05) is 6.54 Å². The summed E-state index contributed by atoms with van der Waals surface area (Å²) >= 11 is 1.49. The number of carbonyl (C=O) groups is 2. The Labute approximate surface area is 150 Å². The summed E-state index contributed by atoms with van der Waals surface area (Å²) in [6.07, 6.45) is 0.362. The van der Waals surface area contributed by atoms with E-state index >= 15 is 0 Å². The Morgan fingerprint density at radius 3 is 2.84 bits per heavy atom. The SMILES string of the molecule is O=C(N[C@@H]1CC(=O)N(Cc2cccc3ccccc23)C1)c1ccsc1.